The average molecular weight is 259 g/mol. The van der Waals surface area contributed by atoms with Gasteiger partial charge in [0, 0.05) is 10.5 Å². The number of nitrogens with zero attached hydrogens (tertiary/aromatic N) is 1. The van der Waals surface area contributed by atoms with Crippen molar-refractivity contribution >= 4 is 17.5 Å². The van der Waals surface area contributed by atoms with Gasteiger partial charge in [0.15, 0.2) is 5.78 Å². The Morgan fingerprint density at radius 1 is 1.35 bits per heavy atom. The summed E-state index contributed by atoms with van der Waals surface area (Å²) in [7, 11) is 1.51. The minimum Gasteiger partial charge on any atom is -0.293 e. The molecule has 0 saturated heterocycles. The molecule has 5 heteroatoms. The number of alkyl halides is 2. The van der Waals surface area contributed by atoms with Crippen LogP contribution < -0.4 is 0 Å². The average Bonchev–Trinajstić information content (AvgIpc) is 2.28. The molecule has 0 aliphatic carbocycles. The first kappa shape index (κ1) is 14.1. The van der Waals surface area contributed by atoms with Gasteiger partial charge in [-0.15, -0.1) is 11.8 Å². The van der Waals surface area contributed by atoms with Gasteiger partial charge < -0.3 is 0 Å². The molecule has 0 saturated carbocycles. The van der Waals surface area contributed by atoms with Gasteiger partial charge in [-0.05, 0) is 25.4 Å². The highest BCUT2D eigenvalue weighted by Crippen LogP contribution is 2.15. The van der Waals surface area contributed by atoms with Crippen molar-refractivity contribution in [2.45, 2.75) is 11.3 Å². The Balaban J connectivity index is 2.57. The molecule has 1 rings (SSSR count). The fourth-order valence-corrected chi connectivity index (χ4v) is 1.82. The summed E-state index contributed by atoms with van der Waals surface area (Å²) in [6.45, 7) is -0.364. The van der Waals surface area contributed by atoms with E-state index in [4.69, 9.17) is 0 Å². The summed E-state index contributed by atoms with van der Waals surface area (Å²) in [5, 5.41) is 0. The van der Waals surface area contributed by atoms with Crippen molar-refractivity contribution < 1.29 is 13.6 Å². The largest absolute Gasteiger partial charge is 0.293 e. The first-order chi connectivity index (χ1) is 8.02. The summed E-state index contributed by atoms with van der Waals surface area (Å²) in [6.07, 6.45) is -0.459. The number of carbonyl (C=O) groups is 1. The van der Waals surface area contributed by atoms with Crippen LogP contribution in [0.3, 0.4) is 0 Å². The van der Waals surface area contributed by atoms with Gasteiger partial charge in [-0.3, -0.25) is 9.69 Å². The van der Waals surface area contributed by atoms with Gasteiger partial charge in [0.1, 0.15) is 0 Å². The van der Waals surface area contributed by atoms with E-state index in [1.165, 1.54) is 11.9 Å². The molecule has 0 heterocycles. The molecule has 0 atom stereocenters. The van der Waals surface area contributed by atoms with Gasteiger partial charge in [0.2, 0.25) is 0 Å². The molecular formula is C12H15F2NOS. The Bertz CT molecular complexity index is 367. The first-order valence-corrected chi connectivity index (χ1v) is 6.39. The highest BCUT2D eigenvalue weighted by Gasteiger charge is 2.12. The molecule has 17 heavy (non-hydrogen) atoms. The maximum absolute atomic E-state index is 12.1. The van der Waals surface area contributed by atoms with Gasteiger partial charge >= 0.3 is 0 Å². The maximum atomic E-state index is 12.1. The fraction of sp³-hybridized carbons (Fsp3) is 0.417. The molecule has 2 nitrogen and oxygen atoms in total. The Hall–Kier alpha value is -0.940. The van der Waals surface area contributed by atoms with Crippen molar-refractivity contribution in [3.63, 3.8) is 0 Å². The van der Waals surface area contributed by atoms with Crippen LogP contribution in [0.5, 0.6) is 0 Å². The van der Waals surface area contributed by atoms with Crippen LogP contribution in [0.4, 0.5) is 8.78 Å². The zero-order valence-corrected chi connectivity index (χ0v) is 10.6. The van der Waals surface area contributed by atoms with Gasteiger partial charge in [0.25, 0.3) is 6.43 Å². The molecule has 0 spiro atoms. The summed E-state index contributed by atoms with van der Waals surface area (Å²) in [6, 6.07) is 7.16. The van der Waals surface area contributed by atoms with E-state index >= 15 is 0 Å². The first-order valence-electron chi connectivity index (χ1n) is 5.17. The lowest BCUT2D eigenvalue weighted by atomic mass is 10.1. The van der Waals surface area contributed by atoms with Gasteiger partial charge in [-0.2, -0.15) is 0 Å². The SMILES string of the molecule is CSc1ccc(C(=O)CN(C)CC(F)F)cc1. The monoisotopic (exact) mass is 259 g/mol. The molecule has 0 aliphatic rings. The highest BCUT2D eigenvalue weighted by atomic mass is 32.2. The van der Waals surface area contributed by atoms with Crippen LogP contribution >= 0.6 is 11.8 Å². The number of carbonyl (C=O) groups excluding carboxylic acids is 1. The van der Waals surface area contributed by atoms with Gasteiger partial charge in [0.05, 0.1) is 13.1 Å². The Morgan fingerprint density at radius 2 is 1.94 bits per heavy atom. The minimum absolute atomic E-state index is 0.0168. The second-order valence-corrected chi connectivity index (χ2v) is 4.62. The zero-order valence-electron chi connectivity index (χ0n) is 9.82. The van der Waals surface area contributed by atoms with Crippen LogP contribution in [-0.2, 0) is 0 Å². The van der Waals surface area contributed by atoms with E-state index in [9.17, 15) is 13.6 Å². The third kappa shape index (κ3) is 4.83. The molecule has 0 aromatic heterocycles. The summed E-state index contributed by atoms with van der Waals surface area (Å²) < 4.78 is 24.2. The number of Topliss-reactive ketones (excluding diaryl/α,β-unsaturated/α-hetero) is 1. The summed E-state index contributed by atoms with van der Waals surface area (Å²) >= 11 is 1.59. The minimum atomic E-state index is -2.41. The van der Waals surface area contributed by atoms with E-state index in [1.807, 2.05) is 18.4 Å². The second kappa shape index (κ2) is 6.71. The Morgan fingerprint density at radius 3 is 2.41 bits per heavy atom. The van der Waals surface area contributed by atoms with Gasteiger partial charge in [-0.1, -0.05) is 12.1 Å². The Labute approximate surface area is 104 Å². The lowest BCUT2D eigenvalue weighted by Crippen LogP contribution is -2.30. The van der Waals surface area contributed by atoms with Crippen LogP contribution in [0.2, 0.25) is 0 Å². The smallest absolute Gasteiger partial charge is 0.251 e. The molecule has 1 aromatic rings. The number of hydrogen-bond acceptors (Lipinski definition) is 3. The number of ketones is 1. The lowest BCUT2D eigenvalue weighted by Gasteiger charge is -2.14. The number of halogens is 2. The highest BCUT2D eigenvalue weighted by molar-refractivity contribution is 7.98. The van der Waals surface area contributed by atoms with E-state index in [0.717, 1.165) is 4.90 Å². The molecule has 0 bridgehead atoms. The summed E-state index contributed by atoms with van der Waals surface area (Å²) in [5.74, 6) is -0.138. The number of benzene rings is 1. The van der Waals surface area contributed by atoms with Crippen LogP contribution in [0.25, 0.3) is 0 Å². The van der Waals surface area contributed by atoms with Crippen molar-refractivity contribution in [2.24, 2.45) is 0 Å². The van der Waals surface area contributed by atoms with Crippen molar-refractivity contribution in [1.29, 1.82) is 0 Å². The molecule has 0 N–H and O–H groups in total. The van der Waals surface area contributed by atoms with Crippen LogP contribution in [-0.4, -0.2) is 43.5 Å². The Kier molecular flexibility index (Phi) is 5.58. The molecule has 0 fully saturated rings. The van der Waals surface area contributed by atoms with Crippen LogP contribution in [0, 0.1) is 0 Å². The zero-order chi connectivity index (χ0) is 12.8. The van der Waals surface area contributed by atoms with Crippen molar-refractivity contribution in [2.75, 3.05) is 26.4 Å². The van der Waals surface area contributed by atoms with Crippen molar-refractivity contribution in [1.82, 2.24) is 4.90 Å². The molecule has 0 radical (unpaired) electrons. The van der Waals surface area contributed by atoms with Crippen molar-refractivity contribution in [3.8, 4) is 0 Å². The third-order valence-corrected chi connectivity index (χ3v) is 3.02. The number of hydrogen-bond donors (Lipinski definition) is 0. The standard InChI is InChI=1S/C12H15F2NOS/c1-15(8-12(13)14)7-11(16)9-3-5-10(17-2)6-4-9/h3-6,12H,7-8H2,1-2H3. The second-order valence-electron chi connectivity index (χ2n) is 3.74. The van der Waals surface area contributed by atoms with E-state index in [0.29, 0.717) is 5.56 Å². The van der Waals surface area contributed by atoms with Crippen LogP contribution in [0.1, 0.15) is 10.4 Å². The van der Waals surface area contributed by atoms with E-state index in [1.54, 1.807) is 23.9 Å². The quantitative estimate of drug-likeness (QED) is 0.579. The topological polar surface area (TPSA) is 20.3 Å². The number of likely N-dealkylation sites (N-methyl/N-ethyl adjacent to an activating group) is 1. The molecule has 0 amide bonds. The fourth-order valence-electron chi connectivity index (χ4n) is 1.41. The normalized spacial score (nSPS) is 11.2. The molecule has 94 valence electrons. The molecule has 1 aromatic carbocycles. The van der Waals surface area contributed by atoms with Crippen LogP contribution in [0.15, 0.2) is 29.2 Å². The van der Waals surface area contributed by atoms with E-state index in [-0.39, 0.29) is 18.9 Å². The van der Waals surface area contributed by atoms with Gasteiger partial charge in [-0.25, -0.2) is 8.78 Å². The number of thioether (sulfide) groups is 1. The predicted octanol–water partition coefficient (Wildman–Crippen LogP) is 2.79. The summed E-state index contributed by atoms with van der Waals surface area (Å²) in [5.41, 5.74) is 0.559. The predicted molar refractivity (Wildman–Crippen MR) is 66.1 cm³/mol. The molecular weight excluding hydrogens is 244 g/mol. The number of rotatable bonds is 6. The lowest BCUT2D eigenvalue weighted by molar-refractivity contribution is 0.0820. The van der Waals surface area contributed by atoms with E-state index in [2.05, 4.69) is 0 Å². The van der Waals surface area contributed by atoms with E-state index < -0.39 is 6.43 Å². The molecule has 0 unspecified atom stereocenters. The maximum Gasteiger partial charge on any atom is 0.251 e. The summed E-state index contributed by atoms with van der Waals surface area (Å²) in [4.78, 5) is 14.1. The molecule has 0 aliphatic heterocycles. The van der Waals surface area contributed by atoms with Crippen molar-refractivity contribution in [3.05, 3.63) is 29.8 Å². The third-order valence-electron chi connectivity index (χ3n) is 2.28.